The van der Waals surface area contributed by atoms with E-state index in [-0.39, 0.29) is 17.6 Å². The van der Waals surface area contributed by atoms with E-state index in [9.17, 15) is 4.79 Å². The fourth-order valence-corrected chi connectivity index (χ4v) is 1.66. The molecule has 0 aromatic carbocycles. The van der Waals surface area contributed by atoms with Gasteiger partial charge in [-0.1, -0.05) is 27.7 Å². The molecule has 1 atom stereocenters. The molecule has 1 saturated heterocycles. The van der Waals surface area contributed by atoms with Crippen molar-refractivity contribution in [3.05, 3.63) is 0 Å². The summed E-state index contributed by atoms with van der Waals surface area (Å²) in [4.78, 5) is 12.0. The summed E-state index contributed by atoms with van der Waals surface area (Å²) in [6, 6.07) is 0.276. The third-order valence-electron chi connectivity index (χ3n) is 2.61. The standard InChI is InChI=1S/C11H23N3O/c1-7(2)10(15)9(12-8(3)4)6-11(5)13-14-11/h7-9,12-14H,6H2,1-5H3. The van der Waals surface area contributed by atoms with Crippen LogP contribution in [0.25, 0.3) is 0 Å². The Morgan fingerprint density at radius 1 is 1.27 bits per heavy atom. The van der Waals surface area contributed by atoms with E-state index in [1.807, 2.05) is 13.8 Å². The summed E-state index contributed by atoms with van der Waals surface area (Å²) in [5.41, 5.74) is 6.07. The van der Waals surface area contributed by atoms with Crippen molar-refractivity contribution in [2.45, 2.75) is 58.8 Å². The lowest BCUT2D eigenvalue weighted by molar-refractivity contribution is -0.124. The first-order valence-corrected chi connectivity index (χ1v) is 5.68. The summed E-state index contributed by atoms with van der Waals surface area (Å²) in [5.74, 6) is 0.379. The molecule has 88 valence electrons. The maximum atomic E-state index is 12.0. The highest BCUT2D eigenvalue weighted by Gasteiger charge is 2.40. The lowest BCUT2D eigenvalue weighted by Gasteiger charge is -2.23. The van der Waals surface area contributed by atoms with Crippen molar-refractivity contribution in [2.24, 2.45) is 5.92 Å². The van der Waals surface area contributed by atoms with Gasteiger partial charge in [0.15, 0.2) is 5.78 Å². The Morgan fingerprint density at radius 3 is 2.13 bits per heavy atom. The minimum atomic E-state index is -0.0584. The van der Waals surface area contributed by atoms with Crippen molar-refractivity contribution >= 4 is 5.78 Å². The van der Waals surface area contributed by atoms with Crippen LogP contribution in [0.1, 0.15) is 41.0 Å². The number of carbonyl (C=O) groups excluding carboxylic acids is 1. The monoisotopic (exact) mass is 213 g/mol. The van der Waals surface area contributed by atoms with Crippen molar-refractivity contribution < 1.29 is 4.79 Å². The van der Waals surface area contributed by atoms with Crippen LogP contribution in [0.4, 0.5) is 0 Å². The van der Waals surface area contributed by atoms with Gasteiger partial charge in [0.2, 0.25) is 0 Å². The Bertz CT molecular complexity index is 234. The molecule has 15 heavy (non-hydrogen) atoms. The zero-order valence-corrected chi connectivity index (χ0v) is 10.3. The maximum absolute atomic E-state index is 12.0. The van der Waals surface area contributed by atoms with Crippen LogP contribution in [0.15, 0.2) is 0 Å². The lowest BCUT2D eigenvalue weighted by Crippen LogP contribution is -2.45. The van der Waals surface area contributed by atoms with E-state index in [0.717, 1.165) is 6.42 Å². The number of hydrogen-bond acceptors (Lipinski definition) is 4. The van der Waals surface area contributed by atoms with Gasteiger partial charge in [0.25, 0.3) is 0 Å². The number of hydrazine groups is 1. The zero-order valence-electron chi connectivity index (χ0n) is 10.3. The van der Waals surface area contributed by atoms with Gasteiger partial charge >= 0.3 is 0 Å². The summed E-state index contributed by atoms with van der Waals surface area (Å²) in [5, 5.41) is 3.33. The van der Waals surface area contributed by atoms with Crippen LogP contribution >= 0.6 is 0 Å². The Morgan fingerprint density at radius 2 is 1.80 bits per heavy atom. The van der Waals surface area contributed by atoms with Crippen molar-refractivity contribution in [1.82, 2.24) is 16.2 Å². The minimum Gasteiger partial charge on any atom is -0.305 e. The van der Waals surface area contributed by atoms with E-state index in [0.29, 0.717) is 11.8 Å². The Labute approximate surface area is 92.2 Å². The van der Waals surface area contributed by atoms with Gasteiger partial charge in [-0.05, 0) is 6.92 Å². The second-order valence-corrected chi connectivity index (χ2v) is 5.22. The molecule has 1 fully saturated rings. The molecular formula is C11H23N3O. The summed E-state index contributed by atoms with van der Waals surface area (Å²) >= 11 is 0. The number of rotatable bonds is 6. The Balaban J connectivity index is 2.56. The van der Waals surface area contributed by atoms with Gasteiger partial charge in [-0.25, -0.2) is 10.9 Å². The minimum absolute atomic E-state index is 0.0579. The average Bonchev–Trinajstić information content (AvgIpc) is 2.80. The topological polar surface area (TPSA) is 73.0 Å². The molecule has 0 radical (unpaired) electrons. The Hall–Kier alpha value is -0.450. The fraction of sp³-hybridized carbons (Fsp3) is 0.909. The van der Waals surface area contributed by atoms with Crippen molar-refractivity contribution in [3.8, 4) is 0 Å². The van der Waals surface area contributed by atoms with E-state index in [1.165, 1.54) is 0 Å². The molecule has 1 heterocycles. The highest BCUT2D eigenvalue weighted by molar-refractivity contribution is 5.85. The van der Waals surface area contributed by atoms with Crippen LogP contribution in [0.3, 0.4) is 0 Å². The molecule has 4 nitrogen and oxygen atoms in total. The van der Waals surface area contributed by atoms with E-state index in [1.54, 1.807) is 0 Å². The van der Waals surface area contributed by atoms with Gasteiger partial charge in [0.1, 0.15) is 0 Å². The number of ketones is 1. The molecular weight excluding hydrogens is 190 g/mol. The lowest BCUT2D eigenvalue weighted by atomic mass is 9.95. The molecule has 1 rings (SSSR count). The van der Waals surface area contributed by atoms with Crippen molar-refractivity contribution in [3.63, 3.8) is 0 Å². The maximum Gasteiger partial charge on any atom is 0.152 e. The van der Waals surface area contributed by atoms with E-state index < -0.39 is 0 Å². The highest BCUT2D eigenvalue weighted by Crippen LogP contribution is 2.18. The highest BCUT2D eigenvalue weighted by atomic mass is 16.1. The van der Waals surface area contributed by atoms with E-state index >= 15 is 0 Å². The smallest absolute Gasteiger partial charge is 0.152 e. The molecule has 1 aliphatic heterocycles. The summed E-state index contributed by atoms with van der Waals surface area (Å²) < 4.78 is 0. The summed E-state index contributed by atoms with van der Waals surface area (Å²) in [6.07, 6.45) is 0.794. The number of Topliss-reactive ketones (excluding diaryl/α,β-unsaturated/α-hetero) is 1. The second-order valence-electron chi connectivity index (χ2n) is 5.22. The van der Waals surface area contributed by atoms with Crippen LogP contribution in [0.5, 0.6) is 0 Å². The summed E-state index contributed by atoms with van der Waals surface area (Å²) in [7, 11) is 0. The predicted octanol–water partition coefficient (Wildman–Crippen LogP) is 0.792. The van der Waals surface area contributed by atoms with Crippen LogP contribution in [-0.2, 0) is 4.79 Å². The average molecular weight is 213 g/mol. The normalized spacial score (nSPS) is 20.7. The number of hydrogen-bond donors (Lipinski definition) is 3. The summed E-state index contributed by atoms with van der Waals surface area (Å²) in [6.45, 7) is 10.1. The van der Waals surface area contributed by atoms with Crippen molar-refractivity contribution in [1.29, 1.82) is 0 Å². The van der Waals surface area contributed by atoms with Crippen LogP contribution < -0.4 is 16.2 Å². The molecule has 4 heteroatoms. The van der Waals surface area contributed by atoms with Gasteiger partial charge < -0.3 is 5.32 Å². The van der Waals surface area contributed by atoms with Crippen molar-refractivity contribution in [2.75, 3.05) is 0 Å². The third-order valence-corrected chi connectivity index (χ3v) is 2.61. The zero-order chi connectivity index (χ0) is 11.6. The van der Waals surface area contributed by atoms with Gasteiger partial charge in [-0.15, -0.1) is 0 Å². The molecule has 3 N–H and O–H groups in total. The Kier molecular flexibility index (Phi) is 3.87. The van der Waals surface area contributed by atoms with Crippen LogP contribution in [0.2, 0.25) is 0 Å². The second kappa shape index (κ2) is 4.60. The van der Waals surface area contributed by atoms with E-state index in [4.69, 9.17) is 0 Å². The molecule has 1 unspecified atom stereocenters. The quantitative estimate of drug-likeness (QED) is 0.570. The first-order valence-electron chi connectivity index (χ1n) is 5.68. The largest absolute Gasteiger partial charge is 0.305 e. The molecule has 1 aliphatic rings. The molecule has 0 saturated carbocycles. The molecule has 0 amide bonds. The van der Waals surface area contributed by atoms with Crippen LogP contribution in [-0.4, -0.2) is 23.5 Å². The number of nitrogens with one attached hydrogen (secondary N) is 3. The van der Waals surface area contributed by atoms with E-state index in [2.05, 4.69) is 36.9 Å². The first-order chi connectivity index (χ1) is 6.84. The first kappa shape index (κ1) is 12.6. The molecule has 0 spiro atoms. The molecule has 0 aliphatic carbocycles. The molecule has 0 aromatic heterocycles. The SMILES string of the molecule is CC(C)NC(CC1(C)NN1)C(=O)C(C)C. The fourth-order valence-electron chi connectivity index (χ4n) is 1.66. The molecule has 0 aromatic rings. The predicted molar refractivity (Wildman–Crippen MR) is 61.2 cm³/mol. The van der Waals surface area contributed by atoms with Gasteiger partial charge in [-0.2, -0.15) is 0 Å². The van der Waals surface area contributed by atoms with Gasteiger partial charge in [-0.3, -0.25) is 4.79 Å². The van der Waals surface area contributed by atoms with Crippen LogP contribution in [0, 0.1) is 5.92 Å². The van der Waals surface area contributed by atoms with Gasteiger partial charge in [0, 0.05) is 18.4 Å². The van der Waals surface area contributed by atoms with Gasteiger partial charge in [0.05, 0.1) is 11.7 Å². The number of carbonyl (C=O) groups is 1. The molecule has 0 bridgehead atoms. The third kappa shape index (κ3) is 3.89.